The minimum atomic E-state index is -0.790. The zero-order valence-electron chi connectivity index (χ0n) is 29.3. The normalized spacial score (nSPS) is 15.9. The highest BCUT2D eigenvalue weighted by Crippen LogP contribution is 2.30. The maximum atomic E-state index is 13.8. The Morgan fingerprint density at radius 2 is 1.62 bits per heavy atom. The molecule has 0 N–H and O–H groups in total. The van der Waals surface area contributed by atoms with E-state index in [1.54, 1.807) is 13.8 Å². The molecule has 258 valence electrons. The minimum Gasteiger partial charge on any atom is -0.494 e. The van der Waals surface area contributed by atoms with E-state index in [1.165, 1.54) is 4.90 Å². The van der Waals surface area contributed by atoms with Gasteiger partial charge in [0.15, 0.2) is 0 Å². The molecule has 1 heterocycles. The summed E-state index contributed by atoms with van der Waals surface area (Å²) in [4.78, 5) is 53.5. The molecule has 0 aliphatic carbocycles. The van der Waals surface area contributed by atoms with Crippen molar-refractivity contribution in [3.8, 4) is 5.75 Å². The molecule has 0 radical (unpaired) electrons. The number of nitrogens with zero attached hydrogens (tertiary/aromatic N) is 1. The predicted molar refractivity (Wildman–Crippen MR) is 183 cm³/mol. The van der Waals surface area contributed by atoms with Crippen molar-refractivity contribution in [3.63, 3.8) is 0 Å². The fraction of sp³-hybridized carbons (Fsp3) is 0.590. The molecular weight excluding hydrogens is 594 g/mol. The molecule has 2 aromatic rings. The van der Waals surface area contributed by atoms with Gasteiger partial charge in [-0.2, -0.15) is 0 Å². The van der Waals surface area contributed by atoms with E-state index in [0.29, 0.717) is 51.0 Å². The standard InChI is InChI=1S/C39H55NO7/c1-7-39(5,6)35(42)36(43)40-26-15-14-22-32(40)37(44)46-33(25-24-29-18-11-10-12-19-29)30-20-17-21-31(28-30)45-27-16-9-8-13-23-34(41)47-38(2,3)4/h10-12,17-21,28,32-33H,7-9,13-16,22-27H2,1-6H3/t32?,33-/m1/s1. The van der Waals surface area contributed by atoms with Crippen LogP contribution >= 0.6 is 0 Å². The van der Waals surface area contributed by atoms with Crippen LogP contribution in [0.25, 0.3) is 0 Å². The molecule has 2 atom stereocenters. The number of piperidine rings is 1. The summed E-state index contributed by atoms with van der Waals surface area (Å²) in [6.07, 6.45) is 7.15. The summed E-state index contributed by atoms with van der Waals surface area (Å²) in [5, 5.41) is 0. The van der Waals surface area contributed by atoms with Gasteiger partial charge >= 0.3 is 11.9 Å². The Hall–Kier alpha value is -3.68. The van der Waals surface area contributed by atoms with Crippen LogP contribution in [0.5, 0.6) is 5.75 Å². The van der Waals surface area contributed by atoms with Crippen molar-refractivity contribution in [2.75, 3.05) is 13.2 Å². The zero-order valence-corrected chi connectivity index (χ0v) is 29.3. The van der Waals surface area contributed by atoms with E-state index in [2.05, 4.69) is 12.1 Å². The van der Waals surface area contributed by atoms with Crippen LogP contribution in [0.15, 0.2) is 54.6 Å². The third-order valence-corrected chi connectivity index (χ3v) is 8.72. The summed E-state index contributed by atoms with van der Waals surface area (Å²) in [6, 6.07) is 16.9. The van der Waals surface area contributed by atoms with E-state index in [1.807, 2.05) is 70.2 Å². The minimum absolute atomic E-state index is 0.162. The summed E-state index contributed by atoms with van der Waals surface area (Å²) in [5.41, 5.74) is 0.706. The number of carbonyl (C=O) groups is 4. The van der Waals surface area contributed by atoms with Gasteiger partial charge in [0.2, 0.25) is 5.78 Å². The van der Waals surface area contributed by atoms with Crippen LogP contribution in [0.1, 0.15) is 123 Å². The molecule has 0 bridgehead atoms. The van der Waals surface area contributed by atoms with Gasteiger partial charge in [-0.05, 0) is 95.4 Å². The van der Waals surface area contributed by atoms with Crippen molar-refractivity contribution in [2.45, 2.75) is 130 Å². The average Bonchev–Trinajstić information content (AvgIpc) is 3.05. The second-order valence-electron chi connectivity index (χ2n) is 14.2. The molecule has 0 aromatic heterocycles. The van der Waals surface area contributed by atoms with Gasteiger partial charge < -0.3 is 19.1 Å². The lowest BCUT2D eigenvalue weighted by molar-refractivity contribution is -0.164. The van der Waals surface area contributed by atoms with Gasteiger partial charge in [0.1, 0.15) is 23.5 Å². The number of hydrogen-bond donors (Lipinski definition) is 0. The molecule has 2 aromatic carbocycles. The molecule has 47 heavy (non-hydrogen) atoms. The SMILES string of the molecule is CCC(C)(C)C(=O)C(=O)N1CCCCC1C(=O)O[C@H](CCc1ccccc1)c1cccc(OCCCCCCC(=O)OC(C)(C)C)c1. The van der Waals surface area contributed by atoms with Gasteiger partial charge in [-0.3, -0.25) is 14.4 Å². The average molecular weight is 650 g/mol. The number of esters is 2. The van der Waals surface area contributed by atoms with E-state index in [-0.39, 0.29) is 5.97 Å². The lowest BCUT2D eigenvalue weighted by Crippen LogP contribution is -2.53. The predicted octanol–water partition coefficient (Wildman–Crippen LogP) is 7.96. The molecule has 1 aliphatic heterocycles. The van der Waals surface area contributed by atoms with Crippen LogP contribution in [0.3, 0.4) is 0 Å². The number of rotatable bonds is 17. The number of unbranched alkanes of at least 4 members (excludes halogenated alkanes) is 3. The first kappa shape index (κ1) is 37.8. The summed E-state index contributed by atoms with van der Waals surface area (Å²) in [7, 11) is 0. The lowest BCUT2D eigenvalue weighted by atomic mass is 9.84. The second-order valence-corrected chi connectivity index (χ2v) is 14.2. The number of Topliss-reactive ketones (excluding diaryl/α,β-unsaturated/α-hetero) is 1. The zero-order chi connectivity index (χ0) is 34.5. The summed E-state index contributed by atoms with van der Waals surface area (Å²) >= 11 is 0. The largest absolute Gasteiger partial charge is 0.494 e. The molecule has 0 spiro atoms. The van der Waals surface area contributed by atoms with Gasteiger partial charge in [0.25, 0.3) is 5.91 Å². The van der Waals surface area contributed by atoms with Gasteiger partial charge in [0.05, 0.1) is 6.61 Å². The third-order valence-electron chi connectivity index (χ3n) is 8.72. The Kier molecular flexibility index (Phi) is 14.5. The van der Waals surface area contributed by atoms with Crippen molar-refractivity contribution in [2.24, 2.45) is 5.41 Å². The first-order valence-corrected chi connectivity index (χ1v) is 17.3. The van der Waals surface area contributed by atoms with Crippen LogP contribution in [-0.4, -0.2) is 53.3 Å². The van der Waals surface area contributed by atoms with Gasteiger partial charge in [-0.15, -0.1) is 0 Å². The van der Waals surface area contributed by atoms with Crippen molar-refractivity contribution in [1.82, 2.24) is 4.90 Å². The summed E-state index contributed by atoms with van der Waals surface area (Å²) in [6.45, 7) is 11.9. The number of aryl methyl sites for hydroxylation is 1. The second kappa shape index (κ2) is 18.0. The van der Waals surface area contributed by atoms with E-state index in [0.717, 1.165) is 49.7 Å². The lowest BCUT2D eigenvalue weighted by Gasteiger charge is -2.36. The van der Waals surface area contributed by atoms with Crippen molar-refractivity contribution in [3.05, 3.63) is 65.7 Å². The molecular formula is C39H55NO7. The van der Waals surface area contributed by atoms with E-state index in [4.69, 9.17) is 14.2 Å². The van der Waals surface area contributed by atoms with Crippen LogP contribution in [0, 0.1) is 5.41 Å². The van der Waals surface area contributed by atoms with Gasteiger partial charge in [-0.1, -0.05) is 76.1 Å². The molecule has 1 fully saturated rings. The molecule has 1 aliphatic rings. The number of hydrogen-bond acceptors (Lipinski definition) is 7. The molecule has 8 heteroatoms. The Bertz CT molecular complexity index is 1310. The molecule has 3 rings (SSSR count). The number of ketones is 1. The summed E-state index contributed by atoms with van der Waals surface area (Å²) in [5.74, 6) is -1.01. The first-order valence-electron chi connectivity index (χ1n) is 17.3. The summed E-state index contributed by atoms with van der Waals surface area (Å²) < 4.78 is 17.6. The number of carbonyl (C=O) groups excluding carboxylic acids is 4. The number of benzene rings is 2. The van der Waals surface area contributed by atoms with Crippen molar-refractivity contribution >= 4 is 23.6 Å². The highest BCUT2D eigenvalue weighted by molar-refractivity contribution is 6.38. The maximum Gasteiger partial charge on any atom is 0.329 e. The molecule has 1 unspecified atom stereocenters. The van der Waals surface area contributed by atoms with Crippen LogP contribution in [0.2, 0.25) is 0 Å². The topological polar surface area (TPSA) is 99.2 Å². The van der Waals surface area contributed by atoms with Crippen LogP contribution in [0.4, 0.5) is 0 Å². The van der Waals surface area contributed by atoms with Crippen LogP contribution in [-0.2, 0) is 35.1 Å². The van der Waals surface area contributed by atoms with E-state index in [9.17, 15) is 19.2 Å². The highest BCUT2D eigenvalue weighted by atomic mass is 16.6. The van der Waals surface area contributed by atoms with E-state index < -0.39 is 40.8 Å². The maximum absolute atomic E-state index is 13.8. The fourth-order valence-corrected chi connectivity index (χ4v) is 5.57. The molecule has 8 nitrogen and oxygen atoms in total. The monoisotopic (exact) mass is 649 g/mol. The Morgan fingerprint density at radius 1 is 0.894 bits per heavy atom. The third kappa shape index (κ3) is 12.5. The Labute approximate surface area is 281 Å². The van der Waals surface area contributed by atoms with Gasteiger partial charge in [0, 0.05) is 18.4 Å². The smallest absolute Gasteiger partial charge is 0.329 e. The molecule has 1 saturated heterocycles. The Balaban J connectivity index is 1.64. The van der Waals surface area contributed by atoms with Crippen molar-refractivity contribution < 1.29 is 33.4 Å². The van der Waals surface area contributed by atoms with Crippen molar-refractivity contribution in [1.29, 1.82) is 0 Å². The highest BCUT2D eigenvalue weighted by Gasteiger charge is 2.41. The van der Waals surface area contributed by atoms with Gasteiger partial charge in [-0.25, -0.2) is 4.79 Å². The van der Waals surface area contributed by atoms with Crippen LogP contribution < -0.4 is 4.74 Å². The number of amides is 1. The van der Waals surface area contributed by atoms with E-state index >= 15 is 0 Å². The quantitative estimate of drug-likeness (QED) is 0.0974. The Morgan fingerprint density at radius 3 is 2.32 bits per heavy atom. The number of likely N-dealkylation sites (tertiary alicyclic amines) is 1. The first-order chi connectivity index (χ1) is 22.3. The molecule has 1 amide bonds. The molecule has 0 saturated carbocycles. The fourth-order valence-electron chi connectivity index (χ4n) is 5.57. The number of ether oxygens (including phenoxy) is 3.